The van der Waals surface area contributed by atoms with Gasteiger partial charge < -0.3 is 14.7 Å². The summed E-state index contributed by atoms with van der Waals surface area (Å²) in [6, 6.07) is 25.4. The van der Waals surface area contributed by atoms with Crippen LogP contribution in [0.1, 0.15) is 33.9 Å². The number of nitrogens with zero attached hydrogens (tertiary/aromatic N) is 2. The molecule has 7 heteroatoms. The second-order valence-electron chi connectivity index (χ2n) is 9.10. The lowest BCUT2D eigenvalue weighted by molar-refractivity contribution is -0.140. The summed E-state index contributed by atoms with van der Waals surface area (Å²) in [6.45, 7) is 2.47. The van der Waals surface area contributed by atoms with Gasteiger partial charge in [0.25, 0.3) is 11.7 Å². The van der Waals surface area contributed by atoms with Crippen LogP contribution < -0.4 is 4.74 Å². The number of likely N-dealkylation sites (tertiary alicyclic amines) is 1. The van der Waals surface area contributed by atoms with E-state index in [0.717, 1.165) is 21.2 Å². The van der Waals surface area contributed by atoms with E-state index in [-0.39, 0.29) is 17.9 Å². The smallest absolute Gasteiger partial charge is 0.295 e. The number of aryl methyl sites for hydroxylation is 1. The van der Waals surface area contributed by atoms with E-state index < -0.39 is 17.7 Å². The van der Waals surface area contributed by atoms with E-state index in [0.29, 0.717) is 23.5 Å². The van der Waals surface area contributed by atoms with Gasteiger partial charge in [0.1, 0.15) is 18.1 Å². The van der Waals surface area contributed by atoms with Crippen LogP contribution in [0.5, 0.6) is 5.75 Å². The lowest BCUT2D eigenvalue weighted by atomic mass is 9.94. The highest BCUT2D eigenvalue weighted by Crippen LogP contribution is 2.41. The van der Waals surface area contributed by atoms with Crippen molar-refractivity contribution in [3.8, 4) is 5.75 Å². The highest BCUT2D eigenvalue weighted by molar-refractivity contribution is 9.10. The quantitative estimate of drug-likeness (QED) is 0.159. The number of ketones is 1. The minimum Gasteiger partial charge on any atom is -0.507 e. The first kappa shape index (κ1) is 25.4. The van der Waals surface area contributed by atoms with Gasteiger partial charge in [-0.25, -0.2) is 0 Å². The number of aromatic nitrogens is 1. The van der Waals surface area contributed by atoms with Crippen molar-refractivity contribution < 1.29 is 19.4 Å². The van der Waals surface area contributed by atoms with E-state index in [2.05, 4.69) is 20.9 Å². The van der Waals surface area contributed by atoms with Crippen LogP contribution in [0.15, 0.2) is 107 Å². The average Bonchev–Trinajstić information content (AvgIpc) is 3.18. The molecule has 0 spiro atoms. The number of hydrogen-bond acceptors (Lipinski definition) is 5. The molecule has 2 heterocycles. The van der Waals surface area contributed by atoms with Gasteiger partial charge in [0, 0.05) is 29.0 Å². The maximum absolute atomic E-state index is 13.3. The third-order valence-electron chi connectivity index (χ3n) is 6.47. The molecule has 0 radical (unpaired) electrons. The number of hydrogen-bond donors (Lipinski definition) is 1. The second-order valence-corrected chi connectivity index (χ2v) is 10.0. The van der Waals surface area contributed by atoms with Crippen molar-refractivity contribution in [1.82, 2.24) is 9.88 Å². The number of carbonyl (C=O) groups excluding carboxylic acids is 2. The summed E-state index contributed by atoms with van der Waals surface area (Å²) in [5.41, 5.74) is 3.83. The topological polar surface area (TPSA) is 79.7 Å². The van der Waals surface area contributed by atoms with Gasteiger partial charge in [-0.1, -0.05) is 64.5 Å². The van der Waals surface area contributed by atoms with Crippen LogP contribution in [0, 0.1) is 6.92 Å². The van der Waals surface area contributed by atoms with Gasteiger partial charge in [-0.15, -0.1) is 0 Å². The van der Waals surface area contributed by atoms with Crippen LogP contribution in [-0.2, 0) is 22.7 Å². The maximum Gasteiger partial charge on any atom is 0.295 e. The van der Waals surface area contributed by atoms with Crippen molar-refractivity contribution in [1.29, 1.82) is 0 Å². The van der Waals surface area contributed by atoms with Crippen LogP contribution in [0.4, 0.5) is 0 Å². The standard InChI is InChI=1S/C31H25BrN2O4/c1-20-15-24(12-13-26(20)38-19-21-7-3-2-4-8-21)29(35)27-28(23-10-5-11-25(32)16-23)34(31(37)30(27)36)18-22-9-6-14-33-17-22/h2-17,28,35H,18-19H2,1H3/t28-/m0/s1. The largest absolute Gasteiger partial charge is 0.507 e. The normalized spacial score (nSPS) is 16.6. The predicted molar refractivity (Wildman–Crippen MR) is 148 cm³/mol. The van der Waals surface area contributed by atoms with E-state index in [4.69, 9.17) is 4.74 Å². The first-order chi connectivity index (χ1) is 18.4. The Balaban J connectivity index is 1.52. The summed E-state index contributed by atoms with van der Waals surface area (Å²) in [7, 11) is 0. The Morgan fingerprint density at radius 2 is 1.76 bits per heavy atom. The van der Waals surface area contributed by atoms with Crippen molar-refractivity contribution in [2.75, 3.05) is 0 Å². The van der Waals surface area contributed by atoms with Gasteiger partial charge in [0.15, 0.2) is 0 Å². The third-order valence-corrected chi connectivity index (χ3v) is 6.96. The molecule has 4 aromatic rings. The molecule has 38 heavy (non-hydrogen) atoms. The highest BCUT2D eigenvalue weighted by atomic mass is 79.9. The molecule has 6 nitrogen and oxygen atoms in total. The number of carbonyl (C=O) groups is 2. The molecule has 1 aromatic heterocycles. The van der Waals surface area contributed by atoms with E-state index in [1.54, 1.807) is 36.7 Å². The third kappa shape index (κ3) is 5.24. The molecule has 0 unspecified atom stereocenters. The number of rotatable bonds is 7. The van der Waals surface area contributed by atoms with Gasteiger partial charge in [0.2, 0.25) is 0 Å². The molecule has 1 saturated heterocycles. The van der Waals surface area contributed by atoms with Crippen LogP contribution in [0.3, 0.4) is 0 Å². The molecule has 3 aromatic carbocycles. The molecule has 1 aliphatic rings. The van der Waals surface area contributed by atoms with Crippen molar-refractivity contribution >= 4 is 33.4 Å². The van der Waals surface area contributed by atoms with Gasteiger partial charge >= 0.3 is 0 Å². The number of benzene rings is 3. The van der Waals surface area contributed by atoms with Crippen LogP contribution in [0.2, 0.25) is 0 Å². The van der Waals surface area contributed by atoms with Crippen molar-refractivity contribution in [2.45, 2.75) is 26.1 Å². The lowest BCUT2D eigenvalue weighted by Gasteiger charge is -2.25. The van der Waals surface area contributed by atoms with Crippen molar-refractivity contribution in [3.63, 3.8) is 0 Å². The molecular weight excluding hydrogens is 544 g/mol. The summed E-state index contributed by atoms with van der Waals surface area (Å²) in [4.78, 5) is 32.2. The van der Waals surface area contributed by atoms with Crippen molar-refractivity contribution in [2.24, 2.45) is 0 Å². The van der Waals surface area contributed by atoms with Gasteiger partial charge in [-0.05, 0) is 65.6 Å². The number of amides is 1. The molecule has 190 valence electrons. The van der Waals surface area contributed by atoms with E-state index in [1.807, 2.05) is 67.6 Å². The van der Waals surface area contributed by atoms with Gasteiger partial charge in [0.05, 0.1) is 11.6 Å². The summed E-state index contributed by atoms with van der Waals surface area (Å²) in [6.07, 6.45) is 3.31. The molecule has 5 rings (SSSR count). The fourth-order valence-corrected chi connectivity index (χ4v) is 5.02. The summed E-state index contributed by atoms with van der Waals surface area (Å²) in [5, 5.41) is 11.4. The molecule has 0 aliphatic carbocycles. The Hall–Kier alpha value is -4.23. The highest BCUT2D eigenvalue weighted by Gasteiger charge is 2.46. The first-order valence-corrected chi connectivity index (χ1v) is 12.9. The molecular formula is C31H25BrN2O4. The lowest BCUT2D eigenvalue weighted by Crippen LogP contribution is -2.29. The number of ether oxygens (including phenoxy) is 1. The Labute approximate surface area is 229 Å². The number of pyridine rings is 1. The van der Waals surface area contributed by atoms with Gasteiger partial charge in [-0.2, -0.15) is 0 Å². The van der Waals surface area contributed by atoms with E-state index in [1.165, 1.54) is 4.90 Å². The Kier molecular flexibility index (Phi) is 7.38. The second kappa shape index (κ2) is 11.0. The number of aliphatic hydroxyl groups is 1. The first-order valence-electron chi connectivity index (χ1n) is 12.1. The zero-order chi connectivity index (χ0) is 26.6. The zero-order valence-electron chi connectivity index (χ0n) is 20.7. The van der Waals surface area contributed by atoms with Crippen LogP contribution in [0.25, 0.3) is 5.76 Å². The number of halogens is 1. The SMILES string of the molecule is Cc1cc(C(O)=C2C(=O)C(=O)N(Cc3cccnc3)[C@H]2c2cccc(Br)c2)ccc1OCc1ccccc1. The number of aliphatic hydroxyl groups excluding tert-OH is 1. The molecule has 1 amide bonds. The van der Waals surface area contributed by atoms with Crippen molar-refractivity contribution in [3.05, 3.63) is 135 Å². The van der Waals surface area contributed by atoms with Crippen LogP contribution in [-0.4, -0.2) is 26.7 Å². The molecule has 1 N–H and O–H groups in total. The Morgan fingerprint density at radius 1 is 0.974 bits per heavy atom. The van der Waals surface area contributed by atoms with E-state index >= 15 is 0 Å². The molecule has 0 bridgehead atoms. The molecule has 1 atom stereocenters. The molecule has 1 fully saturated rings. The fraction of sp³-hybridized carbons (Fsp3) is 0.129. The average molecular weight is 569 g/mol. The summed E-state index contributed by atoms with van der Waals surface area (Å²) in [5.74, 6) is -0.941. The van der Waals surface area contributed by atoms with Gasteiger partial charge in [-0.3, -0.25) is 14.6 Å². The molecule has 1 aliphatic heterocycles. The Morgan fingerprint density at radius 3 is 2.47 bits per heavy atom. The zero-order valence-corrected chi connectivity index (χ0v) is 22.3. The monoisotopic (exact) mass is 568 g/mol. The predicted octanol–water partition coefficient (Wildman–Crippen LogP) is 6.35. The van der Waals surface area contributed by atoms with E-state index in [9.17, 15) is 14.7 Å². The maximum atomic E-state index is 13.3. The number of Topliss-reactive ketones (excluding diaryl/α,β-unsaturated/α-hetero) is 1. The minimum absolute atomic E-state index is 0.0503. The summed E-state index contributed by atoms with van der Waals surface area (Å²) >= 11 is 3.49. The van der Waals surface area contributed by atoms with Crippen LogP contribution >= 0.6 is 15.9 Å². The Bertz CT molecular complexity index is 1520. The fourth-order valence-electron chi connectivity index (χ4n) is 4.60. The minimum atomic E-state index is -0.762. The molecule has 0 saturated carbocycles. The summed E-state index contributed by atoms with van der Waals surface area (Å²) < 4.78 is 6.77.